The number of likely N-dealkylation sites (tertiary alicyclic amines) is 1. The van der Waals surface area contributed by atoms with E-state index in [0.717, 1.165) is 30.5 Å². The fourth-order valence-electron chi connectivity index (χ4n) is 3.74. The van der Waals surface area contributed by atoms with Gasteiger partial charge in [-0.3, -0.25) is 14.6 Å². The molecule has 2 heterocycles. The number of carbonyl (C=O) groups excluding carboxylic acids is 2. The Bertz CT molecular complexity index is 808. The fraction of sp³-hybridized carbons (Fsp3) is 0.435. The standard InChI is InChI=1S/C23H29N3O3/c1-18-7-9-19(10-8-18)13-22(27)25-12-4-6-21(16-25)26(23(28)17-29-2)15-20-5-3-11-24-14-20/h3,5,7-11,14,21H,4,6,12-13,15-17H2,1-2H3. The topological polar surface area (TPSA) is 62.7 Å². The summed E-state index contributed by atoms with van der Waals surface area (Å²) in [6, 6.07) is 11.9. The van der Waals surface area contributed by atoms with Gasteiger partial charge in [0.25, 0.3) is 0 Å². The lowest BCUT2D eigenvalue weighted by Gasteiger charge is -2.39. The number of carbonyl (C=O) groups is 2. The number of hydrogen-bond acceptors (Lipinski definition) is 4. The largest absolute Gasteiger partial charge is 0.375 e. The maximum atomic E-state index is 12.9. The van der Waals surface area contributed by atoms with Crippen LogP contribution in [-0.4, -0.2) is 59.4 Å². The van der Waals surface area contributed by atoms with Gasteiger partial charge < -0.3 is 14.5 Å². The van der Waals surface area contributed by atoms with Crippen LogP contribution in [0.25, 0.3) is 0 Å². The summed E-state index contributed by atoms with van der Waals surface area (Å²) in [4.78, 5) is 33.5. The van der Waals surface area contributed by atoms with Gasteiger partial charge >= 0.3 is 0 Å². The average molecular weight is 396 g/mol. The highest BCUT2D eigenvalue weighted by atomic mass is 16.5. The molecule has 0 saturated carbocycles. The number of aromatic nitrogens is 1. The van der Waals surface area contributed by atoms with Gasteiger partial charge in [0.1, 0.15) is 6.61 Å². The summed E-state index contributed by atoms with van der Waals surface area (Å²) in [6.07, 6.45) is 5.65. The van der Waals surface area contributed by atoms with Gasteiger partial charge in [-0.1, -0.05) is 35.9 Å². The third-order valence-electron chi connectivity index (χ3n) is 5.33. The second kappa shape index (κ2) is 10.2. The first-order valence-corrected chi connectivity index (χ1v) is 10.1. The van der Waals surface area contributed by atoms with E-state index in [1.165, 1.54) is 12.7 Å². The molecule has 0 N–H and O–H groups in total. The Hall–Kier alpha value is -2.73. The van der Waals surface area contributed by atoms with Crippen LogP contribution in [-0.2, 0) is 27.3 Å². The lowest BCUT2D eigenvalue weighted by molar-refractivity contribution is -0.142. The second-order valence-electron chi connectivity index (χ2n) is 7.61. The summed E-state index contributed by atoms with van der Waals surface area (Å²) in [6.45, 7) is 3.84. The predicted molar refractivity (Wildman–Crippen MR) is 111 cm³/mol. The Kier molecular flexibility index (Phi) is 7.36. The molecule has 1 atom stereocenters. The molecule has 1 aromatic heterocycles. The van der Waals surface area contributed by atoms with Crippen LogP contribution in [0.15, 0.2) is 48.8 Å². The van der Waals surface area contributed by atoms with E-state index in [4.69, 9.17) is 4.74 Å². The molecule has 2 amide bonds. The Labute approximate surface area is 172 Å². The molecule has 0 spiro atoms. The van der Waals surface area contributed by atoms with Crippen molar-refractivity contribution in [1.29, 1.82) is 0 Å². The molecule has 1 unspecified atom stereocenters. The zero-order valence-corrected chi connectivity index (χ0v) is 17.2. The van der Waals surface area contributed by atoms with Crippen LogP contribution in [0.5, 0.6) is 0 Å². The SMILES string of the molecule is COCC(=O)N(Cc1cccnc1)C1CCCN(C(=O)Cc2ccc(C)cc2)C1. The van der Waals surface area contributed by atoms with E-state index in [1.807, 2.05) is 53.1 Å². The highest BCUT2D eigenvalue weighted by Gasteiger charge is 2.30. The highest BCUT2D eigenvalue weighted by molar-refractivity contribution is 5.80. The van der Waals surface area contributed by atoms with Crippen molar-refractivity contribution in [3.63, 3.8) is 0 Å². The van der Waals surface area contributed by atoms with Crippen LogP contribution in [0.2, 0.25) is 0 Å². The van der Waals surface area contributed by atoms with E-state index < -0.39 is 0 Å². The third kappa shape index (κ3) is 5.87. The molecule has 1 aliphatic rings. The molecule has 29 heavy (non-hydrogen) atoms. The van der Waals surface area contributed by atoms with E-state index in [-0.39, 0.29) is 24.5 Å². The maximum Gasteiger partial charge on any atom is 0.249 e. The third-order valence-corrected chi connectivity index (χ3v) is 5.33. The van der Waals surface area contributed by atoms with Crippen LogP contribution >= 0.6 is 0 Å². The first-order valence-electron chi connectivity index (χ1n) is 10.1. The molecular formula is C23H29N3O3. The maximum absolute atomic E-state index is 12.9. The second-order valence-corrected chi connectivity index (χ2v) is 7.61. The van der Waals surface area contributed by atoms with Crippen molar-refractivity contribution >= 4 is 11.8 Å². The molecule has 154 valence electrons. The first kappa shape index (κ1) is 21.0. The molecule has 0 bridgehead atoms. The Morgan fingerprint density at radius 3 is 2.69 bits per heavy atom. The molecule has 2 aromatic rings. The molecule has 6 nitrogen and oxygen atoms in total. The van der Waals surface area contributed by atoms with E-state index in [9.17, 15) is 9.59 Å². The number of amides is 2. The fourth-order valence-corrected chi connectivity index (χ4v) is 3.74. The zero-order valence-electron chi connectivity index (χ0n) is 17.2. The van der Waals surface area contributed by atoms with Gasteiger partial charge in [-0.25, -0.2) is 0 Å². The number of methoxy groups -OCH3 is 1. The van der Waals surface area contributed by atoms with Gasteiger partial charge in [-0.2, -0.15) is 0 Å². The minimum atomic E-state index is -0.0609. The van der Waals surface area contributed by atoms with E-state index in [2.05, 4.69) is 4.98 Å². The highest BCUT2D eigenvalue weighted by Crippen LogP contribution is 2.20. The van der Waals surface area contributed by atoms with E-state index in [1.54, 1.807) is 12.4 Å². The number of rotatable bonds is 7. The summed E-state index contributed by atoms with van der Waals surface area (Å²) in [5, 5.41) is 0. The molecule has 1 fully saturated rings. The minimum Gasteiger partial charge on any atom is -0.375 e. The average Bonchev–Trinajstić information content (AvgIpc) is 2.74. The Balaban J connectivity index is 1.68. The minimum absolute atomic E-state index is 0.0198. The quantitative estimate of drug-likeness (QED) is 0.723. The van der Waals surface area contributed by atoms with Crippen molar-refractivity contribution < 1.29 is 14.3 Å². The van der Waals surface area contributed by atoms with E-state index in [0.29, 0.717) is 19.5 Å². The number of pyridine rings is 1. The molecule has 3 rings (SSSR count). The van der Waals surface area contributed by atoms with Crippen molar-refractivity contribution in [2.45, 2.75) is 38.8 Å². The lowest BCUT2D eigenvalue weighted by atomic mass is 10.0. The van der Waals surface area contributed by atoms with Crippen LogP contribution in [0, 0.1) is 6.92 Å². The Morgan fingerprint density at radius 2 is 2.00 bits per heavy atom. The zero-order chi connectivity index (χ0) is 20.6. The number of aryl methyl sites for hydroxylation is 1. The Morgan fingerprint density at radius 1 is 1.21 bits per heavy atom. The van der Waals surface area contributed by atoms with Crippen molar-refractivity contribution in [2.24, 2.45) is 0 Å². The molecular weight excluding hydrogens is 366 g/mol. The monoisotopic (exact) mass is 395 g/mol. The first-order chi connectivity index (χ1) is 14.1. The number of hydrogen-bond donors (Lipinski definition) is 0. The smallest absolute Gasteiger partial charge is 0.249 e. The van der Waals surface area contributed by atoms with Crippen molar-refractivity contribution in [3.8, 4) is 0 Å². The number of ether oxygens (including phenoxy) is 1. The van der Waals surface area contributed by atoms with Gasteiger partial charge in [-0.05, 0) is 37.0 Å². The van der Waals surface area contributed by atoms with Crippen LogP contribution in [0.3, 0.4) is 0 Å². The molecule has 0 radical (unpaired) electrons. The lowest BCUT2D eigenvalue weighted by Crippen LogP contribution is -2.52. The molecule has 1 saturated heterocycles. The van der Waals surface area contributed by atoms with Gasteiger partial charge in [0, 0.05) is 45.2 Å². The molecule has 6 heteroatoms. The van der Waals surface area contributed by atoms with Crippen LogP contribution in [0.4, 0.5) is 0 Å². The molecule has 1 aliphatic heterocycles. The van der Waals surface area contributed by atoms with Gasteiger partial charge in [-0.15, -0.1) is 0 Å². The van der Waals surface area contributed by atoms with E-state index >= 15 is 0 Å². The summed E-state index contributed by atoms with van der Waals surface area (Å²) in [7, 11) is 1.53. The van der Waals surface area contributed by atoms with Crippen LogP contribution in [0.1, 0.15) is 29.5 Å². The van der Waals surface area contributed by atoms with Crippen LogP contribution < -0.4 is 0 Å². The van der Waals surface area contributed by atoms with Crippen molar-refractivity contribution in [3.05, 3.63) is 65.5 Å². The number of nitrogens with zero attached hydrogens (tertiary/aromatic N) is 3. The molecule has 0 aliphatic carbocycles. The van der Waals surface area contributed by atoms with Gasteiger partial charge in [0.15, 0.2) is 0 Å². The summed E-state index contributed by atoms with van der Waals surface area (Å²) in [5.74, 6) is 0.0493. The van der Waals surface area contributed by atoms with Gasteiger partial charge in [0.2, 0.25) is 11.8 Å². The normalized spacial score (nSPS) is 16.5. The number of piperidine rings is 1. The molecule has 1 aromatic carbocycles. The van der Waals surface area contributed by atoms with Gasteiger partial charge in [0.05, 0.1) is 6.42 Å². The summed E-state index contributed by atoms with van der Waals surface area (Å²) in [5.41, 5.74) is 3.17. The van der Waals surface area contributed by atoms with Crippen molar-refractivity contribution in [2.75, 3.05) is 26.8 Å². The summed E-state index contributed by atoms with van der Waals surface area (Å²) >= 11 is 0. The van der Waals surface area contributed by atoms with Crippen molar-refractivity contribution in [1.82, 2.24) is 14.8 Å². The summed E-state index contributed by atoms with van der Waals surface area (Å²) < 4.78 is 5.09. The predicted octanol–water partition coefficient (Wildman–Crippen LogP) is 2.60. The number of benzene rings is 1.